The van der Waals surface area contributed by atoms with Crippen LogP contribution in [0.5, 0.6) is 5.75 Å². The Morgan fingerprint density at radius 3 is 2.02 bits per heavy atom. The van der Waals surface area contributed by atoms with E-state index in [0.29, 0.717) is 17.5 Å². The first-order valence-corrected chi connectivity index (χ1v) is 19.4. The van der Waals surface area contributed by atoms with Crippen molar-refractivity contribution in [3.05, 3.63) is 170 Å². The van der Waals surface area contributed by atoms with Gasteiger partial charge in [-0.3, -0.25) is 0 Å². The Bertz CT molecular complexity index is 3310. The van der Waals surface area contributed by atoms with Crippen molar-refractivity contribution in [2.45, 2.75) is 0 Å². The smallest absolute Gasteiger partial charge is 0.164 e. The molecule has 0 aliphatic carbocycles. The molecule has 0 fully saturated rings. The zero-order chi connectivity index (χ0) is 37.2. The molecule has 0 N–H and O–H groups in total. The zero-order valence-electron chi connectivity index (χ0n) is 30.2. The minimum atomic E-state index is 0.567. The number of thiophene rings is 1. The zero-order valence-corrected chi connectivity index (χ0v) is 31.0. The Labute approximate surface area is 326 Å². The SMILES string of the molecule is COc1cccc(-c2cc(-c3nc(-c4ccc5ccccc5c4)nc(-c4cccc5sc6ccccc6c45)n3)c3c(c2)oc2ccccc23)c1-c1ccccc1. The first kappa shape index (κ1) is 32.3. The van der Waals surface area contributed by atoms with Crippen LogP contribution in [-0.4, -0.2) is 22.1 Å². The van der Waals surface area contributed by atoms with Crippen molar-refractivity contribution >= 4 is 64.2 Å². The highest BCUT2D eigenvalue weighted by Crippen LogP contribution is 2.45. The average molecular weight is 738 g/mol. The van der Waals surface area contributed by atoms with E-state index >= 15 is 0 Å². The van der Waals surface area contributed by atoms with Crippen molar-refractivity contribution in [2.24, 2.45) is 0 Å². The first-order valence-electron chi connectivity index (χ1n) is 18.5. The van der Waals surface area contributed by atoms with Crippen LogP contribution in [0.1, 0.15) is 0 Å². The molecule has 0 atom stereocenters. The number of ether oxygens (including phenoxy) is 1. The molecule has 56 heavy (non-hydrogen) atoms. The summed E-state index contributed by atoms with van der Waals surface area (Å²) in [6.07, 6.45) is 0. The third-order valence-electron chi connectivity index (χ3n) is 10.6. The van der Waals surface area contributed by atoms with Gasteiger partial charge in [-0.25, -0.2) is 15.0 Å². The second-order valence-corrected chi connectivity index (χ2v) is 15.0. The van der Waals surface area contributed by atoms with Gasteiger partial charge in [0.05, 0.1) is 7.11 Å². The van der Waals surface area contributed by atoms with Gasteiger partial charge in [0.2, 0.25) is 0 Å². The van der Waals surface area contributed by atoms with E-state index in [4.69, 9.17) is 24.1 Å². The average Bonchev–Trinajstić information content (AvgIpc) is 3.84. The van der Waals surface area contributed by atoms with Gasteiger partial charge in [-0.2, -0.15) is 0 Å². The van der Waals surface area contributed by atoms with Crippen molar-refractivity contribution in [3.63, 3.8) is 0 Å². The van der Waals surface area contributed by atoms with Gasteiger partial charge in [0.1, 0.15) is 16.9 Å². The molecular weight excluding hydrogens is 707 g/mol. The molecule has 0 aliphatic heterocycles. The van der Waals surface area contributed by atoms with E-state index in [0.717, 1.165) is 82.8 Å². The minimum absolute atomic E-state index is 0.567. The maximum absolute atomic E-state index is 6.65. The largest absolute Gasteiger partial charge is 0.496 e. The molecule has 5 nitrogen and oxygen atoms in total. The third kappa shape index (κ3) is 5.26. The number of hydrogen-bond donors (Lipinski definition) is 0. The molecule has 0 amide bonds. The number of para-hydroxylation sites is 1. The molecule has 0 bridgehead atoms. The van der Waals surface area contributed by atoms with Gasteiger partial charge < -0.3 is 9.15 Å². The quantitative estimate of drug-likeness (QED) is 0.170. The van der Waals surface area contributed by atoms with Crippen molar-refractivity contribution in [1.82, 2.24) is 15.0 Å². The first-order chi connectivity index (χ1) is 27.7. The number of aromatic nitrogens is 3. The summed E-state index contributed by atoms with van der Waals surface area (Å²) >= 11 is 1.79. The molecule has 11 rings (SSSR count). The third-order valence-corrected chi connectivity index (χ3v) is 11.8. The van der Waals surface area contributed by atoms with Gasteiger partial charge in [0.15, 0.2) is 17.5 Å². The number of methoxy groups -OCH3 is 1. The predicted molar refractivity (Wildman–Crippen MR) is 231 cm³/mol. The summed E-state index contributed by atoms with van der Waals surface area (Å²) in [6.45, 7) is 0. The number of furan rings is 1. The van der Waals surface area contributed by atoms with Crippen LogP contribution in [-0.2, 0) is 0 Å². The van der Waals surface area contributed by atoms with Crippen molar-refractivity contribution < 1.29 is 9.15 Å². The Balaban J connectivity index is 1.23. The lowest BCUT2D eigenvalue weighted by Crippen LogP contribution is -2.01. The molecule has 0 saturated heterocycles. The van der Waals surface area contributed by atoms with Crippen molar-refractivity contribution in [1.29, 1.82) is 0 Å². The summed E-state index contributed by atoms with van der Waals surface area (Å²) in [4.78, 5) is 16.0. The Morgan fingerprint density at radius 1 is 0.446 bits per heavy atom. The molecule has 8 aromatic carbocycles. The molecule has 0 spiro atoms. The molecule has 0 unspecified atom stereocenters. The Morgan fingerprint density at radius 2 is 1.14 bits per heavy atom. The molecule has 3 heterocycles. The van der Waals surface area contributed by atoms with E-state index in [1.807, 2.05) is 36.4 Å². The highest BCUT2D eigenvalue weighted by molar-refractivity contribution is 7.25. The summed E-state index contributed by atoms with van der Waals surface area (Å²) in [7, 11) is 1.72. The molecule has 0 saturated carbocycles. The van der Waals surface area contributed by atoms with Gasteiger partial charge in [0, 0.05) is 53.2 Å². The highest BCUT2D eigenvalue weighted by atomic mass is 32.1. The number of rotatable bonds is 6. The van der Waals surface area contributed by atoms with Gasteiger partial charge in [-0.1, -0.05) is 127 Å². The summed E-state index contributed by atoms with van der Waals surface area (Å²) in [5.74, 6) is 2.57. The van der Waals surface area contributed by atoms with Crippen LogP contribution < -0.4 is 4.74 Å². The summed E-state index contributed by atoms with van der Waals surface area (Å²) < 4.78 is 15.0. The second-order valence-electron chi connectivity index (χ2n) is 13.9. The molecule has 0 aliphatic rings. The molecule has 264 valence electrons. The van der Waals surface area contributed by atoms with Crippen LogP contribution in [0.4, 0.5) is 0 Å². The van der Waals surface area contributed by atoms with E-state index in [-0.39, 0.29) is 0 Å². The van der Waals surface area contributed by atoms with Crippen LogP contribution in [0.25, 0.3) is 109 Å². The number of hydrogen-bond acceptors (Lipinski definition) is 6. The Hall–Kier alpha value is -7.15. The lowest BCUT2D eigenvalue weighted by molar-refractivity contribution is 0.416. The van der Waals surface area contributed by atoms with Crippen molar-refractivity contribution in [3.8, 4) is 62.2 Å². The number of benzene rings is 8. The monoisotopic (exact) mass is 737 g/mol. The lowest BCUT2D eigenvalue weighted by atomic mass is 9.91. The highest BCUT2D eigenvalue weighted by Gasteiger charge is 2.23. The molecular formula is C50H31N3O2S. The van der Waals surface area contributed by atoms with E-state index in [1.54, 1.807) is 18.4 Å². The fourth-order valence-corrected chi connectivity index (χ4v) is 9.20. The van der Waals surface area contributed by atoms with Crippen LogP contribution >= 0.6 is 11.3 Å². The predicted octanol–water partition coefficient (Wildman–Crippen LogP) is 13.6. The number of nitrogens with zero attached hydrogens (tertiary/aromatic N) is 3. The van der Waals surface area contributed by atoms with E-state index < -0.39 is 0 Å². The normalized spacial score (nSPS) is 11.7. The van der Waals surface area contributed by atoms with E-state index in [2.05, 4.69) is 133 Å². The number of fused-ring (bicyclic) bond motifs is 7. The summed E-state index contributed by atoms with van der Waals surface area (Å²) in [5, 5.41) is 6.57. The van der Waals surface area contributed by atoms with Crippen LogP contribution in [0, 0.1) is 0 Å². The molecule has 3 aromatic heterocycles. The fraction of sp³-hybridized carbons (Fsp3) is 0.0200. The van der Waals surface area contributed by atoms with Crippen LogP contribution in [0.15, 0.2) is 174 Å². The topological polar surface area (TPSA) is 61.0 Å². The van der Waals surface area contributed by atoms with Crippen molar-refractivity contribution in [2.75, 3.05) is 7.11 Å². The van der Waals surface area contributed by atoms with E-state index in [1.165, 1.54) is 14.8 Å². The van der Waals surface area contributed by atoms with Gasteiger partial charge in [0.25, 0.3) is 0 Å². The summed E-state index contributed by atoms with van der Waals surface area (Å²) in [5.41, 5.74) is 8.33. The fourth-order valence-electron chi connectivity index (χ4n) is 8.07. The van der Waals surface area contributed by atoms with E-state index in [9.17, 15) is 0 Å². The molecule has 0 radical (unpaired) electrons. The van der Waals surface area contributed by atoms with Crippen LogP contribution in [0.2, 0.25) is 0 Å². The lowest BCUT2D eigenvalue weighted by Gasteiger charge is -2.16. The summed E-state index contributed by atoms with van der Waals surface area (Å²) in [6, 6.07) is 58.8. The molecule has 11 aromatic rings. The maximum Gasteiger partial charge on any atom is 0.164 e. The minimum Gasteiger partial charge on any atom is -0.496 e. The molecule has 6 heteroatoms. The Kier molecular flexibility index (Phi) is 7.50. The van der Waals surface area contributed by atoms with Gasteiger partial charge >= 0.3 is 0 Å². The van der Waals surface area contributed by atoms with Crippen LogP contribution in [0.3, 0.4) is 0 Å². The standard InChI is InChI=1S/C50H31N3O2S/c1-54-41-22-11-19-35(45(41)31-14-3-2-4-15-31)34-28-39(46-36-17-7-9-21-40(36)55-42(46)29-34)50-52-48(33-26-25-30-13-5-6-16-32(30)27-33)51-49(53-50)38-20-12-24-44-47(38)37-18-8-10-23-43(37)56-44/h2-29H,1H3. The van der Waals surface area contributed by atoms with Gasteiger partial charge in [-0.05, 0) is 69.9 Å². The van der Waals surface area contributed by atoms with Gasteiger partial charge in [-0.15, -0.1) is 11.3 Å². The maximum atomic E-state index is 6.65. The second kappa shape index (κ2) is 13.0.